The van der Waals surface area contributed by atoms with Crippen LogP contribution in [0.15, 0.2) is 42.7 Å². The van der Waals surface area contributed by atoms with Gasteiger partial charge < -0.3 is 9.51 Å². The first kappa shape index (κ1) is 13.7. The molecule has 110 valence electrons. The number of nitro groups is 1. The van der Waals surface area contributed by atoms with Crippen LogP contribution in [0, 0.1) is 15.9 Å². The lowest BCUT2D eigenvalue weighted by Crippen LogP contribution is -1.97. The average molecular weight is 301 g/mol. The Hall–Kier alpha value is -3.29. The monoisotopic (exact) mass is 301 g/mol. The molecule has 0 fully saturated rings. The minimum atomic E-state index is -1.07. The van der Waals surface area contributed by atoms with Crippen molar-refractivity contribution in [2.45, 2.75) is 0 Å². The Kier molecular flexibility index (Phi) is 3.06. The Morgan fingerprint density at radius 1 is 1.27 bits per heavy atom. The van der Waals surface area contributed by atoms with Gasteiger partial charge in [0.05, 0.1) is 16.2 Å². The Morgan fingerprint density at radius 3 is 2.73 bits per heavy atom. The van der Waals surface area contributed by atoms with Crippen LogP contribution in [0.5, 0.6) is 0 Å². The Labute approximate surface area is 122 Å². The maximum Gasteiger partial charge on any atom is 0.337 e. The normalized spacial score (nSPS) is 10.8. The van der Waals surface area contributed by atoms with E-state index in [-0.39, 0.29) is 5.56 Å². The van der Waals surface area contributed by atoms with Crippen molar-refractivity contribution in [2.24, 2.45) is 0 Å². The fourth-order valence-electron chi connectivity index (χ4n) is 2.07. The minimum Gasteiger partial charge on any atom is -0.478 e. The second-order valence-electron chi connectivity index (χ2n) is 4.54. The van der Waals surface area contributed by atoms with Crippen molar-refractivity contribution < 1.29 is 19.2 Å². The lowest BCUT2D eigenvalue weighted by Gasteiger charge is -1.97. The number of fused-ring (bicyclic) bond motifs is 1. The maximum atomic E-state index is 13.3. The van der Waals surface area contributed by atoms with Crippen LogP contribution in [0.25, 0.3) is 16.9 Å². The van der Waals surface area contributed by atoms with Crippen LogP contribution in [-0.2, 0) is 0 Å². The Morgan fingerprint density at radius 2 is 2.05 bits per heavy atom. The summed E-state index contributed by atoms with van der Waals surface area (Å²) in [5.41, 5.74) is 0.675. The molecule has 1 aromatic carbocycles. The number of pyridine rings is 1. The van der Waals surface area contributed by atoms with E-state index in [1.54, 1.807) is 0 Å². The molecule has 0 aliphatic carbocycles. The number of halogens is 1. The minimum absolute atomic E-state index is 0.0848. The van der Waals surface area contributed by atoms with E-state index in [1.165, 1.54) is 35.0 Å². The quantitative estimate of drug-likeness (QED) is 0.592. The van der Waals surface area contributed by atoms with Crippen molar-refractivity contribution in [3.05, 3.63) is 64.2 Å². The number of nitrogens with zero attached hydrogens (tertiary/aromatic N) is 3. The number of nitro benzene ring substituents is 1. The van der Waals surface area contributed by atoms with Crippen LogP contribution >= 0.6 is 0 Å². The van der Waals surface area contributed by atoms with Gasteiger partial charge in [-0.1, -0.05) is 0 Å². The number of imidazole rings is 1. The summed E-state index contributed by atoms with van der Waals surface area (Å²) < 4.78 is 14.8. The first-order valence-electron chi connectivity index (χ1n) is 6.12. The molecule has 8 heteroatoms. The number of carboxylic acids is 1. The number of carboxylic acid groups (broad SMARTS) is 1. The van der Waals surface area contributed by atoms with E-state index in [4.69, 9.17) is 5.11 Å². The predicted octanol–water partition coefficient (Wildman–Crippen LogP) is 2.75. The number of aromatic nitrogens is 2. The largest absolute Gasteiger partial charge is 0.478 e. The van der Waals surface area contributed by atoms with Gasteiger partial charge in [0, 0.05) is 24.0 Å². The van der Waals surface area contributed by atoms with Gasteiger partial charge in [-0.2, -0.15) is 4.39 Å². The highest BCUT2D eigenvalue weighted by Gasteiger charge is 2.16. The third-order valence-electron chi connectivity index (χ3n) is 3.14. The number of hydrogen-bond donors (Lipinski definition) is 1. The number of rotatable bonds is 3. The molecule has 0 radical (unpaired) electrons. The van der Waals surface area contributed by atoms with Gasteiger partial charge in [0.1, 0.15) is 5.65 Å². The Bertz CT molecular complexity index is 920. The molecule has 22 heavy (non-hydrogen) atoms. The van der Waals surface area contributed by atoms with Crippen LogP contribution in [0.4, 0.5) is 10.1 Å². The highest BCUT2D eigenvalue weighted by molar-refractivity contribution is 5.87. The van der Waals surface area contributed by atoms with Crippen molar-refractivity contribution in [1.82, 2.24) is 9.38 Å². The van der Waals surface area contributed by atoms with Gasteiger partial charge in [-0.15, -0.1) is 0 Å². The SMILES string of the molecule is O=C(O)c1ccc2nc(-c3ccc(F)c([N+](=O)[O-])c3)cn2c1. The summed E-state index contributed by atoms with van der Waals surface area (Å²) in [7, 11) is 0. The van der Waals surface area contributed by atoms with E-state index in [2.05, 4.69) is 4.98 Å². The Balaban J connectivity index is 2.12. The van der Waals surface area contributed by atoms with Crippen molar-refractivity contribution >= 4 is 17.3 Å². The fraction of sp³-hybridized carbons (Fsp3) is 0. The molecule has 3 aromatic rings. The molecule has 1 N–H and O–H groups in total. The van der Waals surface area contributed by atoms with Gasteiger partial charge in [-0.25, -0.2) is 9.78 Å². The summed E-state index contributed by atoms with van der Waals surface area (Å²) in [4.78, 5) is 25.1. The number of carbonyl (C=O) groups is 1. The number of hydrogen-bond acceptors (Lipinski definition) is 4. The molecular weight excluding hydrogens is 293 g/mol. The van der Waals surface area contributed by atoms with Crippen LogP contribution < -0.4 is 0 Å². The predicted molar refractivity (Wildman–Crippen MR) is 74.2 cm³/mol. The van der Waals surface area contributed by atoms with Crippen molar-refractivity contribution in [3.63, 3.8) is 0 Å². The van der Waals surface area contributed by atoms with Gasteiger partial charge >= 0.3 is 11.7 Å². The van der Waals surface area contributed by atoms with Gasteiger partial charge in [0.2, 0.25) is 5.82 Å². The first-order chi connectivity index (χ1) is 10.5. The number of aromatic carboxylic acids is 1. The zero-order chi connectivity index (χ0) is 15.9. The first-order valence-corrected chi connectivity index (χ1v) is 6.12. The standard InChI is InChI=1S/C14H8FN3O4/c15-10-3-1-8(5-12(10)18(21)22)11-7-17-6-9(14(19)20)2-4-13(17)16-11/h1-7H,(H,19,20). The summed E-state index contributed by atoms with van der Waals surface area (Å²) in [6, 6.07) is 6.39. The lowest BCUT2D eigenvalue weighted by molar-refractivity contribution is -0.387. The zero-order valence-electron chi connectivity index (χ0n) is 10.9. The van der Waals surface area contributed by atoms with E-state index in [9.17, 15) is 19.3 Å². The highest BCUT2D eigenvalue weighted by Crippen LogP contribution is 2.26. The van der Waals surface area contributed by atoms with Crippen LogP contribution in [0.1, 0.15) is 10.4 Å². The summed E-state index contributed by atoms with van der Waals surface area (Å²) in [5, 5.41) is 19.7. The lowest BCUT2D eigenvalue weighted by atomic mass is 10.1. The highest BCUT2D eigenvalue weighted by atomic mass is 19.1. The topological polar surface area (TPSA) is 97.7 Å². The molecule has 0 unspecified atom stereocenters. The third-order valence-corrected chi connectivity index (χ3v) is 3.14. The van der Waals surface area contributed by atoms with Gasteiger partial charge in [0.15, 0.2) is 0 Å². The summed E-state index contributed by atoms with van der Waals surface area (Å²) in [6.45, 7) is 0. The molecule has 0 saturated heterocycles. The van der Waals surface area contributed by atoms with Gasteiger partial charge in [-0.05, 0) is 24.3 Å². The molecule has 2 aromatic heterocycles. The fourth-order valence-corrected chi connectivity index (χ4v) is 2.07. The third kappa shape index (κ3) is 2.26. The van der Waals surface area contributed by atoms with Gasteiger partial charge in [0.25, 0.3) is 0 Å². The number of benzene rings is 1. The molecule has 0 aliphatic heterocycles. The molecule has 0 atom stereocenters. The van der Waals surface area contributed by atoms with E-state index in [1.807, 2.05) is 0 Å². The van der Waals surface area contributed by atoms with Crippen LogP contribution in [0.3, 0.4) is 0 Å². The van der Waals surface area contributed by atoms with E-state index in [0.717, 1.165) is 12.1 Å². The summed E-state index contributed by atoms with van der Waals surface area (Å²) in [6.07, 6.45) is 2.91. The van der Waals surface area contributed by atoms with E-state index < -0.39 is 22.4 Å². The van der Waals surface area contributed by atoms with E-state index >= 15 is 0 Å². The molecule has 0 aliphatic rings. The molecule has 2 heterocycles. The molecule has 0 amide bonds. The maximum absolute atomic E-state index is 13.3. The van der Waals surface area contributed by atoms with Gasteiger partial charge in [-0.3, -0.25) is 10.1 Å². The molecule has 0 bridgehead atoms. The van der Waals surface area contributed by atoms with Crippen LogP contribution in [0.2, 0.25) is 0 Å². The van der Waals surface area contributed by atoms with Crippen molar-refractivity contribution in [1.29, 1.82) is 0 Å². The summed E-state index contributed by atoms with van der Waals surface area (Å²) >= 11 is 0. The van der Waals surface area contributed by atoms with Crippen molar-refractivity contribution in [2.75, 3.05) is 0 Å². The molecule has 0 spiro atoms. The summed E-state index contributed by atoms with van der Waals surface area (Å²) in [5.74, 6) is -2.00. The molecular formula is C14H8FN3O4. The molecule has 0 saturated carbocycles. The van der Waals surface area contributed by atoms with Crippen molar-refractivity contribution in [3.8, 4) is 11.3 Å². The second-order valence-corrected chi connectivity index (χ2v) is 4.54. The zero-order valence-corrected chi connectivity index (χ0v) is 10.9. The average Bonchev–Trinajstić information content (AvgIpc) is 2.90. The second kappa shape index (κ2) is 4.92. The molecule has 3 rings (SSSR count). The molecule has 7 nitrogen and oxygen atoms in total. The smallest absolute Gasteiger partial charge is 0.337 e. The van der Waals surface area contributed by atoms with Crippen LogP contribution in [-0.4, -0.2) is 25.4 Å². The van der Waals surface area contributed by atoms with E-state index in [0.29, 0.717) is 16.9 Å².